The summed E-state index contributed by atoms with van der Waals surface area (Å²) in [7, 11) is 0. The van der Waals surface area contributed by atoms with Crippen molar-refractivity contribution in [1.82, 2.24) is 5.32 Å². The maximum atomic E-state index is 12.1. The van der Waals surface area contributed by atoms with Crippen molar-refractivity contribution < 1.29 is 14.7 Å². The lowest BCUT2D eigenvalue weighted by Crippen LogP contribution is -2.28. The summed E-state index contributed by atoms with van der Waals surface area (Å²) in [4.78, 5) is 23.3. The Bertz CT molecular complexity index is 825. The summed E-state index contributed by atoms with van der Waals surface area (Å²) in [5.41, 5.74) is 1.09. The standard InChI is InChI=1S/C18H16N2O3S/c21-11-20-14-7-5-12(6-8-14)18(23)19-10-15(22)17-9-13-3-1-2-4-16(13)24-17/h1-9,11,15,22H,10H2,(H,19,23)(H,20,21). The highest BCUT2D eigenvalue weighted by molar-refractivity contribution is 7.19. The Morgan fingerprint density at radius 3 is 2.62 bits per heavy atom. The number of anilines is 1. The number of hydrogen-bond acceptors (Lipinski definition) is 4. The van der Waals surface area contributed by atoms with E-state index in [-0.39, 0.29) is 12.5 Å². The first kappa shape index (κ1) is 16.2. The van der Waals surface area contributed by atoms with E-state index in [4.69, 9.17) is 0 Å². The quantitative estimate of drug-likeness (QED) is 0.604. The highest BCUT2D eigenvalue weighted by Crippen LogP contribution is 2.29. The lowest BCUT2D eigenvalue weighted by Gasteiger charge is -2.10. The number of carbonyl (C=O) groups excluding carboxylic acids is 2. The molecule has 0 fully saturated rings. The Morgan fingerprint density at radius 1 is 1.17 bits per heavy atom. The number of carbonyl (C=O) groups is 2. The van der Waals surface area contributed by atoms with Gasteiger partial charge in [0.25, 0.3) is 5.91 Å². The summed E-state index contributed by atoms with van der Waals surface area (Å²) in [5.74, 6) is -0.271. The van der Waals surface area contributed by atoms with Crippen LogP contribution in [0.1, 0.15) is 21.3 Å². The number of hydrogen-bond donors (Lipinski definition) is 3. The van der Waals surface area contributed by atoms with Crippen LogP contribution >= 0.6 is 11.3 Å². The number of thiophene rings is 1. The lowest BCUT2D eigenvalue weighted by atomic mass is 10.2. The number of fused-ring (bicyclic) bond motifs is 1. The monoisotopic (exact) mass is 340 g/mol. The van der Waals surface area contributed by atoms with Gasteiger partial charge >= 0.3 is 0 Å². The fourth-order valence-corrected chi connectivity index (χ4v) is 3.40. The molecule has 0 spiro atoms. The third-order valence-corrected chi connectivity index (χ3v) is 4.82. The molecule has 1 atom stereocenters. The third-order valence-electron chi connectivity index (χ3n) is 3.60. The number of rotatable bonds is 6. The fourth-order valence-electron chi connectivity index (χ4n) is 2.34. The van der Waals surface area contributed by atoms with Crippen molar-refractivity contribution in [2.75, 3.05) is 11.9 Å². The number of nitrogens with one attached hydrogen (secondary N) is 2. The number of aliphatic hydroxyl groups is 1. The van der Waals surface area contributed by atoms with Gasteiger partial charge in [0.15, 0.2) is 0 Å². The zero-order valence-corrected chi connectivity index (χ0v) is 13.5. The summed E-state index contributed by atoms with van der Waals surface area (Å²) < 4.78 is 1.11. The molecule has 24 heavy (non-hydrogen) atoms. The van der Waals surface area contributed by atoms with Crippen LogP contribution in [0, 0.1) is 0 Å². The largest absolute Gasteiger partial charge is 0.386 e. The van der Waals surface area contributed by atoms with E-state index in [0.717, 1.165) is 15.0 Å². The van der Waals surface area contributed by atoms with E-state index in [1.54, 1.807) is 24.3 Å². The van der Waals surface area contributed by atoms with Gasteiger partial charge in [0.1, 0.15) is 6.10 Å². The average molecular weight is 340 g/mol. The van der Waals surface area contributed by atoms with Gasteiger partial charge in [0.2, 0.25) is 6.41 Å². The van der Waals surface area contributed by atoms with E-state index in [1.807, 2.05) is 30.3 Å². The maximum absolute atomic E-state index is 12.1. The molecular weight excluding hydrogens is 324 g/mol. The van der Waals surface area contributed by atoms with Crippen molar-refractivity contribution in [3.63, 3.8) is 0 Å². The van der Waals surface area contributed by atoms with Crippen LogP contribution in [0.25, 0.3) is 10.1 Å². The zero-order valence-electron chi connectivity index (χ0n) is 12.7. The number of amides is 2. The molecule has 0 bridgehead atoms. The molecule has 0 saturated heterocycles. The van der Waals surface area contributed by atoms with Crippen molar-refractivity contribution in [2.24, 2.45) is 0 Å². The minimum Gasteiger partial charge on any atom is -0.386 e. The molecule has 3 N–H and O–H groups in total. The smallest absolute Gasteiger partial charge is 0.251 e. The lowest BCUT2D eigenvalue weighted by molar-refractivity contribution is -0.105. The minimum atomic E-state index is -0.748. The molecule has 2 amide bonds. The Hall–Kier alpha value is -2.70. The highest BCUT2D eigenvalue weighted by Gasteiger charge is 2.13. The van der Waals surface area contributed by atoms with Crippen LogP contribution in [0.3, 0.4) is 0 Å². The molecule has 3 rings (SSSR count). The molecule has 2 aromatic carbocycles. The van der Waals surface area contributed by atoms with Crippen molar-refractivity contribution in [3.8, 4) is 0 Å². The molecule has 0 radical (unpaired) electrons. The van der Waals surface area contributed by atoms with Crippen molar-refractivity contribution >= 4 is 39.4 Å². The van der Waals surface area contributed by atoms with Gasteiger partial charge in [-0.15, -0.1) is 11.3 Å². The van der Waals surface area contributed by atoms with Crippen molar-refractivity contribution in [2.45, 2.75) is 6.10 Å². The Kier molecular flexibility index (Phi) is 4.88. The summed E-state index contributed by atoms with van der Waals surface area (Å²) in [6, 6.07) is 16.4. The van der Waals surface area contributed by atoms with Gasteiger partial charge in [-0.3, -0.25) is 9.59 Å². The second kappa shape index (κ2) is 7.25. The molecule has 122 valence electrons. The van der Waals surface area contributed by atoms with Crippen molar-refractivity contribution in [1.29, 1.82) is 0 Å². The predicted octanol–water partition coefficient (Wildman–Crippen LogP) is 2.93. The SMILES string of the molecule is O=CNc1ccc(C(=O)NCC(O)c2cc3ccccc3s2)cc1. The van der Waals surface area contributed by atoms with Gasteiger partial charge in [-0.25, -0.2) is 0 Å². The third kappa shape index (κ3) is 3.61. The van der Waals surface area contributed by atoms with Gasteiger partial charge in [0, 0.05) is 27.4 Å². The van der Waals surface area contributed by atoms with E-state index in [0.29, 0.717) is 17.7 Å². The first-order valence-electron chi connectivity index (χ1n) is 7.42. The summed E-state index contributed by atoms with van der Waals surface area (Å²) in [6.45, 7) is 0.139. The van der Waals surface area contributed by atoms with Gasteiger partial charge < -0.3 is 15.7 Å². The van der Waals surface area contributed by atoms with Crippen LogP contribution in [-0.2, 0) is 4.79 Å². The molecule has 0 aliphatic rings. The van der Waals surface area contributed by atoms with E-state index < -0.39 is 6.10 Å². The van der Waals surface area contributed by atoms with Gasteiger partial charge in [-0.1, -0.05) is 18.2 Å². The topological polar surface area (TPSA) is 78.4 Å². The van der Waals surface area contributed by atoms with E-state index in [9.17, 15) is 14.7 Å². The molecule has 6 heteroatoms. The normalized spacial score (nSPS) is 11.9. The summed E-state index contributed by atoms with van der Waals surface area (Å²) >= 11 is 1.52. The highest BCUT2D eigenvalue weighted by atomic mass is 32.1. The minimum absolute atomic E-state index is 0.139. The first-order valence-corrected chi connectivity index (χ1v) is 8.24. The fraction of sp³-hybridized carbons (Fsp3) is 0.111. The number of aliphatic hydroxyl groups excluding tert-OH is 1. The van der Waals surface area contributed by atoms with Crippen LogP contribution in [0.4, 0.5) is 5.69 Å². The van der Waals surface area contributed by atoms with Gasteiger partial charge in [0.05, 0.1) is 0 Å². The zero-order chi connectivity index (χ0) is 16.9. The second-order valence-electron chi connectivity index (χ2n) is 5.25. The molecular formula is C18H16N2O3S. The second-order valence-corrected chi connectivity index (χ2v) is 6.37. The Labute approximate surface area is 142 Å². The average Bonchev–Trinajstić information content (AvgIpc) is 3.04. The van der Waals surface area contributed by atoms with E-state index >= 15 is 0 Å². The van der Waals surface area contributed by atoms with Crippen LogP contribution in [-0.4, -0.2) is 24.0 Å². The van der Waals surface area contributed by atoms with Crippen LogP contribution in [0.2, 0.25) is 0 Å². The number of benzene rings is 2. The Balaban J connectivity index is 1.61. The van der Waals surface area contributed by atoms with E-state index in [2.05, 4.69) is 10.6 Å². The summed E-state index contributed by atoms with van der Waals surface area (Å²) in [5, 5.41) is 16.6. The van der Waals surface area contributed by atoms with Crippen LogP contribution in [0.5, 0.6) is 0 Å². The molecule has 0 saturated carbocycles. The molecule has 0 aliphatic carbocycles. The predicted molar refractivity (Wildman–Crippen MR) is 95.2 cm³/mol. The molecule has 3 aromatic rings. The van der Waals surface area contributed by atoms with Gasteiger partial charge in [-0.05, 0) is 41.8 Å². The molecule has 1 aromatic heterocycles. The molecule has 1 heterocycles. The van der Waals surface area contributed by atoms with Crippen LogP contribution in [0.15, 0.2) is 54.6 Å². The Morgan fingerprint density at radius 2 is 1.92 bits per heavy atom. The maximum Gasteiger partial charge on any atom is 0.251 e. The van der Waals surface area contributed by atoms with Crippen molar-refractivity contribution in [3.05, 3.63) is 65.0 Å². The van der Waals surface area contributed by atoms with Crippen LogP contribution < -0.4 is 10.6 Å². The van der Waals surface area contributed by atoms with Gasteiger partial charge in [-0.2, -0.15) is 0 Å². The first-order chi connectivity index (χ1) is 11.7. The molecule has 5 nitrogen and oxygen atoms in total. The van der Waals surface area contributed by atoms with E-state index in [1.165, 1.54) is 11.3 Å². The molecule has 0 aliphatic heterocycles. The molecule has 1 unspecified atom stereocenters. The summed E-state index contributed by atoms with van der Waals surface area (Å²) in [6.07, 6.45) is -0.168.